The van der Waals surface area contributed by atoms with E-state index in [1.54, 1.807) is 6.07 Å². The molecule has 2 aromatic rings. The molecule has 0 aromatic heterocycles. The van der Waals surface area contributed by atoms with Crippen molar-refractivity contribution in [3.05, 3.63) is 41.5 Å². The van der Waals surface area contributed by atoms with Crippen molar-refractivity contribution in [3.63, 3.8) is 0 Å². The van der Waals surface area contributed by atoms with Crippen LogP contribution < -0.4 is 20.4 Å². The van der Waals surface area contributed by atoms with Gasteiger partial charge in [-0.2, -0.15) is 0 Å². The molecule has 0 aliphatic heterocycles. The third kappa shape index (κ3) is 6.67. The molecular weight excluding hydrogens is 466 g/mol. The van der Waals surface area contributed by atoms with Gasteiger partial charge in [-0.3, -0.25) is 10.9 Å². The number of hydrogen-bond acceptors (Lipinski definition) is 8. The van der Waals surface area contributed by atoms with E-state index in [9.17, 15) is 25.8 Å². The molecular formula is C18H23N3O7S3. The van der Waals surface area contributed by atoms with Gasteiger partial charge < -0.3 is 9.50 Å². The Hall–Kier alpha value is -2.64. The van der Waals surface area contributed by atoms with Crippen molar-refractivity contribution < 1.29 is 30.0 Å². The molecule has 0 spiro atoms. The molecule has 3 N–H and O–H groups in total. The Kier molecular flexibility index (Phi) is 7.34. The molecule has 1 atom stereocenters. The zero-order valence-electron chi connectivity index (χ0n) is 17.5. The molecule has 0 saturated heterocycles. The largest absolute Gasteiger partial charge is 0.398 e. The third-order valence-corrected chi connectivity index (χ3v) is 6.82. The van der Waals surface area contributed by atoms with Gasteiger partial charge in [0.15, 0.2) is 25.4 Å². The van der Waals surface area contributed by atoms with Gasteiger partial charge in [-0.05, 0) is 37.1 Å². The first-order chi connectivity index (χ1) is 14.2. The van der Waals surface area contributed by atoms with Crippen molar-refractivity contribution >= 4 is 48.2 Å². The second kappa shape index (κ2) is 9.24. The Balaban J connectivity index is 2.41. The van der Waals surface area contributed by atoms with Crippen LogP contribution in [0.1, 0.15) is 11.1 Å². The van der Waals surface area contributed by atoms with E-state index in [4.69, 9.17) is 4.18 Å². The minimum Gasteiger partial charge on any atom is -0.398 e. The van der Waals surface area contributed by atoms with E-state index in [0.717, 1.165) is 35.8 Å². The first-order valence-electron chi connectivity index (χ1n) is 8.68. The smallest absolute Gasteiger partial charge is 0.337 e. The number of hydrogen-bond donors (Lipinski definition) is 3. The zero-order valence-corrected chi connectivity index (χ0v) is 19.9. The first-order valence-corrected chi connectivity index (χ1v) is 13.9. The summed E-state index contributed by atoms with van der Waals surface area (Å²) in [7, 11) is -7.92. The van der Waals surface area contributed by atoms with Crippen molar-refractivity contribution in [2.75, 3.05) is 29.5 Å². The quantitative estimate of drug-likeness (QED) is 0.500. The zero-order chi connectivity index (χ0) is 23.6. The molecule has 31 heavy (non-hydrogen) atoms. The summed E-state index contributed by atoms with van der Waals surface area (Å²) in [6.07, 6.45) is 2.89. The molecule has 1 unspecified atom stereocenters. The predicted octanol–water partition coefficient (Wildman–Crippen LogP) is 1.93. The number of sulfone groups is 2. The van der Waals surface area contributed by atoms with Gasteiger partial charge in [0.2, 0.25) is 11.1 Å². The van der Waals surface area contributed by atoms with Crippen molar-refractivity contribution in [1.82, 2.24) is 5.43 Å². The van der Waals surface area contributed by atoms with Gasteiger partial charge in [-0.15, -0.1) is 0 Å². The molecule has 10 nitrogen and oxygen atoms in total. The van der Waals surface area contributed by atoms with E-state index in [2.05, 4.69) is 16.2 Å². The number of anilines is 2. The third-order valence-electron chi connectivity index (χ3n) is 4.00. The number of urea groups is 1. The second-order valence-corrected chi connectivity index (χ2v) is 11.8. The van der Waals surface area contributed by atoms with E-state index in [-0.39, 0.29) is 11.4 Å². The summed E-state index contributed by atoms with van der Waals surface area (Å²) in [4.78, 5) is 11.3. The topological polar surface area (TPSA) is 148 Å². The molecule has 0 radical (unpaired) electrons. The summed E-state index contributed by atoms with van der Waals surface area (Å²) in [6.45, 7) is 3.68. The van der Waals surface area contributed by atoms with Crippen LogP contribution in [-0.2, 0) is 30.8 Å². The molecule has 0 fully saturated rings. The van der Waals surface area contributed by atoms with Gasteiger partial charge in [-0.25, -0.2) is 25.8 Å². The van der Waals surface area contributed by atoms with Crippen molar-refractivity contribution in [3.8, 4) is 5.75 Å². The van der Waals surface area contributed by atoms with Gasteiger partial charge >= 0.3 is 6.03 Å². The van der Waals surface area contributed by atoms with Crippen LogP contribution in [0.3, 0.4) is 0 Å². The van der Waals surface area contributed by atoms with Crippen molar-refractivity contribution in [2.45, 2.75) is 23.6 Å². The fourth-order valence-electron chi connectivity index (χ4n) is 2.56. The Morgan fingerprint density at radius 3 is 2.06 bits per heavy atom. The van der Waals surface area contributed by atoms with E-state index >= 15 is 0 Å². The van der Waals surface area contributed by atoms with E-state index in [1.165, 1.54) is 6.26 Å². The lowest BCUT2D eigenvalue weighted by Gasteiger charge is -2.17. The summed E-state index contributed by atoms with van der Waals surface area (Å²) in [5, 5.41) is 2.63. The SMILES string of the molecule is Cc1ccc(C)c(NC(=O)NNc2cc(S(C)(=O)=O)c(S(C)(=O)=O)cc2OS(C)=O)c1. The van der Waals surface area contributed by atoms with Crippen LogP contribution >= 0.6 is 0 Å². The van der Waals surface area contributed by atoms with Gasteiger partial charge in [-0.1, -0.05) is 12.1 Å². The number of carbonyl (C=O) groups excluding carboxylic acids is 1. The summed E-state index contributed by atoms with van der Waals surface area (Å²) in [6, 6.07) is 6.76. The highest BCUT2D eigenvalue weighted by atomic mass is 32.2. The Morgan fingerprint density at radius 1 is 0.935 bits per heavy atom. The minimum atomic E-state index is -3.96. The second-order valence-electron chi connectivity index (χ2n) is 6.85. The lowest BCUT2D eigenvalue weighted by atomic mass is 10.1. The molecule has 170 valence electrons. The molecule has 0 aliphatic carbocycles. The van der Waals surface area contributed by atoms with Crippen molar-refractivity contribution in [2.24, 2.45) is 0 Å². The van der Waals surface area contributed by atoms with Gasteiger partial charge in [0.25, 0.3) is 0 Å². The Bertz CT molecular complexity index is 1260. The summed E-state index contributed by atoms with van der Waals surface area (Å²) in [5.74, 6) is -0.222. The van der Waals surface area contributed by atoms with Gasteiger partial charge in [0.1, 0.15) is 0 Å². The molecule has 13 heteroatoms. The maximum absolute atomic E-state index is 12.3. The monoisotopic (exact) mass is 489 g/mol. The average Bonchev–Trinajstić information content (AvgIpc) is 2.61. The number of amides is 2. The fourth-order valence-corrected chi connectivity index (χ4v) is 5.36. The first kappa shape index (κ1) is 24.6. The van der Waals surface area contributed by atoms with Crippen LogP contribution in [0.15, 0.2) is 40.1 Å². The van der Waals surface area contributed by atoms with E-state index in [1.807, 2.05) is 26.0 Å². The number of rotatable bonds is 7. The molecule has 0 bridgehead atoms. The van der Waals surface area contributed by atoms with Crippen LogP contribution in [0.2, 0.25) is 0 Å². The normalized spacial score (nSPS) is 12.7. The van der Waals surface area contributed by atoms with Gasteiger partial charge in [0.05, 0.1) is 15.5 Å². The molecule has 0 heterocycles. The summed E-state index contributed by atoms with van der Waals surface area (Å²) in [5.41, 5.74) is 7.03. The lowest BCUT2D eigenvalue weighted by Crippen LogP contribution is -2.34. The predicted molar refractivity (Wildman–Crippen MR) is 119 cm³/mol. The number of hydrazine groups is 1. The summed E-state index contributed by atoms with van der Waals surface area (Å²) < 4.78 is 65.1. The number of aryl methyl sites for hydroxylation is 2. The maximum Gasteiger partial charge on any atom is 0.337 e. The average molecular weight is 490 g/mol. The van der Waals surface area contributed by atoms with Crippen LogP contribution in [0.5, 0.6) is 5.75 Å². The van der Waals surface area contributed by atoms with E-state index in [0.29, 0.717) is 5.69 Å². The van der Waals surface area contributed by atoms with Crippen LogP contribution in [0, 0.1) is 13.8 Å². The standard InChI is InChI=1S/C18H23N3O7S3/c1-11-6-7-12(2)13(8-11)19-18(22)21-20-14-9-16(30(4,24)25)17(31(5,26)27)10-15(14)28-29(3)23/h6-10,20H,1-5H3,(H2,19,21,22). The molecule has 2 amide bonds. The highest BCUT2D eigenvalue weighted by molar-refractivity contribution is 7.93. The Labute approximate surface area is 183 Å². The van der Waals surface area contributed by atoms with Crippen LogP contribution in [-0.4, -0.2) is 45.8 Å². The number of benzene rings is 2. The van der Waals surface area contributed by atoms with Crippen LogP contribution in [0.25, 0.3) is 0 Å². The number of carbonyl (C=O) groups is 1. The fraction of sp³-hybridized carbons (Fsp3) is 0.278. The number of nitrogens with one attached hydrogen (secondary N) is 3. The van der Waals surface area contributed by atoms with Gasteiger partial charge in [0, 0.05) is 30.5 Å². The maximum atomic E-state index is 12.3. The molecule has 2 aromatic carbocycles. The highest BCUT2D eigenvalue weighted by Gasteiger charge is 2.25. The van der Waals surface area contributed by atoms with E-state index < -0.39 is 46.6 Å². The van der Waals surface area contributed by atoms with Crippen LogP contribution in [0.4, 0.5) is 16.2 Å². The lowest BCUT2D eigenvalue weighted by molar-refractivity contribution is 0.254. The minimum absolute atomic E-state index is 0.0980. The Morgan fingerprint density at radius 2 is 1.52 bits per heavy atom. The highest BCUT2D eigenvalue weighted by Crippen LogP contribution is 2.34. The molecule has 2 rings (SSSR count). The molecule has 0 saturated carbocycles. The van der Waals surface area contributed by atoms with Crippen molar-refractivity contribution in [1.29, 1.82) is 0 Å². The summed E-state index contributed by atoms with van der Waals surface area (Å²) >= 11 is -1.85. The molecule has 0 aliphatic rings.